The Morgan fingerprint density at radius 3 is 2.72 bits per heavy atom. The van der Waals surface area contributed by atoms with Gasteiger partial charge in [0, 0.05) is 23.7 Å². The quantitative estimate of drug-likeness (QED) is 0.714. The Hall–Kier alpha value is -2.33. The third kappa shape index (κ3) is 4.02. The second-order valence-corrected chi connectivity index (χ2v) is 6.45. The number of benzene rings is 2. The van der Waals surface area contributed by atoms with E-state index in [0.29, 0.717) is 47.7 Å². The van der Waals surface area contributed by atoms with Gasteiger partial charge in [0.25, 0.3) is 5.91 Å². The fraction of sp³-hybridized carbons (Fsp3) is 0.250. The Labute approximate surface area is 151 Å². The van der Waals surface area contributed by atoms with Crippen molar-refractivity contribution in [3.8, 4) is 5.75 Å². The second-order valence-electron chi connectivity index (χ2n) is 6.02. The van der Waals surface area contributed by atoms with Gasteiger partial charge in [-0.15, -0.1) is 0 Å². The molecule has 0 aromatic heterocycles. The van der Waals surface area contributed by atoms with Gasteiger partial charge in [-0.3, -0.25) is 4.79 Å². The molecule has 0 aliphatic carbocycles. The zero-order valence-electron chi connectivity index (χ0n) is 14.0. The van der Waals surface area contributed by atoms with Crippen molar-refractivity contribution in [2.45, 2.75) is 26.4 Å². The first-order valence-electron chi connectivity index (χ1n) is 8.18. The lowest BCUT2D eigenvalue weighted by Gasteiger charge is -2.15. The summed E-state index contributed by atoms with van der Waals surface area (Å²) in [4.78, 5) is 14.3. The van der Waals surface area contributed by atoms with Crippen LogP contribution < -0.4 is 4.74 Å². The first kappa shape index (κ1) is 17.5. The van der Waals surface area contributed by atoms with Gasteiger partial charge in [-0.05, 0) is 53.5 Å². The monoisotopic (exact) mass is 359 g/mol. The van der Waals surface area contributed by atoms with Crippen molar-refractivity contribution in [3.05, 3.63) is 76.1 Å². The van der Waals surface area contributed by atoms with Crippen LogP contribution in [0.3, 0.4) is 0 Å². The van der Waals surface area contributed by atoms with Gasteiger partial charge in [-0.2, -0.15) is 0 Å². The van der Waals surface area contributed by atoms with E-state index >= 15 is 0 Å². The topological polar surface area (TPSA) is 29.5 Å². The van der Waals surface area contributed by atoms with Crippen LogP contribution in [0.1, 0.15) is 34.8 Å². The first-order valence-corrected chi connectivity index (χ1v) is 8.56. The summed E-state index contributed by atoms with van der Waals surface area (Å²) in [5, 5.41) is 0.676. The van der Waals surface area contributed by atoms with Gasteiger partial charge >= 0.3 is 0 Å². The summed E-state index contributed by atoms with van der Waals surface area (Å²) in [5.74, 6) is 0.655. The molecular formula is C20H19ClFNO2. The molecular weight excluding hydrogens is 341 g/mol. The maximum Gasteiger partial charge on any atom is 0.254 e. The number of carbonyl (C=O) groups excluding carboxylic acids is 1. The molecule has 1 aliphatic rings. The van der Waals surface area contributed by atoms with Crippen molar-refractivity contribution < 1.29 is 13.9 Å². The van der Waals surface area contributed by atoms with Crippen LogP contribution >= 0.6 is 11.6 Å². The van der Waals surface area contributed by atoms with Gasteiger partial charge in [0.1, 0.15) is 12.4 Å². The number of rotatable bonds is 6. The average molecular weight is 360 g/mol. The molecule has 2 aromatic carbocycles. The fourth-order valence-corrected chi connectivity index (χ4v) is 2.90. The molecule has 1 amide bonds. The zero-order chi connectivity index (χ0) is 17.8. The van der Waals surface area contributed by atoms with Crippen LogP contribution in [0.15, 0.2) is 54.4 Å². The van der Waals surface area contributed by atoms with Crippen molar-refractivity contribution in [1.82, 2.24) is 4.90 Å². The van der Waals surface area contributed by atoms with Gasteiger partial charge in [0.2, 0.25) is 0 Å². The molecule has 0 saturated carbocycles. The Kier molecular flexibility index (Phi) is 5.39. The third-order valence-electron chi connectivity index (χ3n) is 4.27. The molecule has 0 unspecified atom stereocenters. The molecule has 0 saturated heterocycles. The summed E-state index contributed by atoms with van der Waals surface area (Å²) in [6, 6.07) is 12.9. The summed E-state index contributed by atoms with van der Waals surface area (Å²) >= 11 is 5.90. The summed E-state index contributed by atoms with van der Waals surface area (Å²) in [6.07, 6.45) is 1.19. The molecule has 2 aromatic rings. The van der Waals surface area contributed by atoms with Gasteiger partial charge in [-0.25, -0.2) is 4.39 Å². The number of carbonyl (C=O) groups is 1. The fourth-order valence-electron chi connectivity index (χ4n) is 2.77. The number of amides is 1. The molecule has 0 spiro atoms. The van der Waals surface area contributed by atoms with Crippen molar-refractivity contribution in [1.29, 1.82) is 0 Å². The smallest absolute Gasteiger partial charge is 0.254 e. The van der Waals surface area contributed by atoms with Gasteiger partial charge in [-0.1, -0.05) is 30.7 Å². The predicted molar refractivity (Wildman–Crippen MR) is 96.4 cm³/mol. The van der Waals surface area contributed by atoms with Crippen LogP contribution in [0.2, 0.25) is 5.02 Å². The molecule has 0 fully saturated rings. The summed E-state index contributed by atoms with van der Waals surface area (Å²) in [5.41, 5.74) is 3.25. The molecule has 1 aliphatic heterocycles. The summed E-state index contributed by atoms with van der Waals surface area (Å²) in [6.45, 7) is 3.16. The van der Waals surface area contributed by atoms with E-state index in [2.05, 4.69) is 0 Å². The number of halogens is 2. The van der Waals surface area contributed by atoms with Crippen LogP contribution in [0, 0.1) is 0 Å². The van der Waals surface area contributed by atoms with Crippen LogP contribution in [0.25, 0.3) is 0 Å². The Balaban J connectivity index is 1.69. The van der Waals surface area contributed by atoms with Gasteiger partial charge < -0.3 is 9.64 Å². The molecule has 0 atom stereocenters. The molecule has 1 heterocycles. The molecule has 25 heavy (non-hydrogen) atoms. The highest BCUT2D eigenvalue weighted by Gasteiger charge is 2.27. The second kappa shape index (κ2) is 7.70. The average Bonchev–Trinajstić information content (AvgIpc) is 2.93. The normalized spacial score (nSPS) is 14.0. The maximum absolute atomic E-state index is 12.6. The van der Waals surface area contributed by atoms with E-state index in [1.807, 2.05) is 37.3 Å². The highest BCUT2D eigenvalue weighted by atomic mass is 35.5. The Morgan fingerprint density at radius 1 is 1.28 bits per heavy atom. The lowest BCUT2D eigenvalue weighted by Crippen LogP contribution is -2.23. The van der Waals surface area contributed by atoms with E-state index < -0.39 is 0 Å². The van der Waals surface area contributed by atoms with Crippen molar-refractivity contribution in [2.75, 3.05) is 6.61 Å². The third-order valence-corrected chi connectivity index (χ3v) is 4.53. The van der Waals surface area contributed by atoms with E-state index in [4.69, 9.17) is 16.3 Å². The van der Waals surface area contributed by atoms with Crippen molar-refractivity contribution in [3.63, 3.8) is 0 Å². The molecule has 0 N–H and O–H groups in total. The number of hydrogen-bond donors (Lipinski definition) is 0. The van der Waals surface area contributed by atoms with Crippen molar-refractivity contribution >= 4 is 17.5 Å². The molecule has 3 nitrogen and oxygen atoms in total. The minimum atomic E-state index is 0.00870. The van der Waals surface area contributed by atoms with E-state index in [-0.39, 0.29) is 12.5 Å². The number of hydrogen-bond acceptors (Lipinski definition) is 2. The van der Waals surface area contributed by atoms with Crippen LogP contribution in [-0.4, -0.2) is 17.4 Å². The first-order chi connectivity index (χ1) is 12.1. The lowest BCUT2D eigenvalue weighted by atomic mass is 10.1. The number of ether oxygens (including phenoxy) is 1. The van der Waals surface area contributed by atoms with Gasteiger partial charge in [0.15, 0.2) is 0 Å². The van der Waals surface area contributed by atoms with E-state index in [9.17, 15) is 9.18 Å². The SMILES string of the molecule is CCC(=CF)COc1ccc2c(c1)CN(Cc1ccc(Cl)cc1)C2=O. The molecule has 130 valence electrons. The van der Waals surface area contributed by atoms with Gasteiger partial charge in [0.05, 0.1) is 6.33 Å². The summed E-state index contributed by atoms with van der Waals surface area (Å²) < 4.78 is 18.2. The van der Waals surface area contributed by atoms with Crippen LogP contribution in [0.5, 0.6) is 5.75 Å². The van der Waals surface area contributed by atoms with Crippen LogP contribution in [0.4, 0.5) is 4.39 Å². The minimum Gasteiger partial charge on any atom is -0.489 e. The summed E-state index contributed by atoms with van der Waals surface area (Å²) in [7, 11) is 0. The van der Waals surface area contributed by atoms with E-state index in [1.54, 1.807) is 17.0 Å². The number of nitrogens with zero attached hydrogens (tertiary/aromatic N) is 1. The predicted octanol–water partition coefficient (Wildman–Crippen LogP) is 5.14. The molecule has 0 radical (unpaired) electrons. The molecule has 0 bridgehead atoms. The van der Waals surface area contributed by atoms with Crippen LogP contribution in [-0.2, 0) is 13.1 Å². The largest absolute Gasteiger partial charge is 0.489 e. The standard InChI is InChI=1S/C20H19ClFNO2/c1-2-14(10-22)13-25-18-7-8-19-16(9-18)12-23(20(19)24)11-15-3-5-17(21)6-4-15/h3-10H,2,11-13H2,1H3. The molecule has 5 heteroatoms. The highest BCUT2D eigenvalue weighted by molar-refractivity contribution is 6.30. The van der Waals surface area contributed by atoms with E-state index in [1.165, 1.54) is 0 Å². The van der Waals surface area contributed by atoms with Crippen molar-refractivity contribution in [2.24, 2.45) is 0 Å². The Morgan fingerprint density at radius 2 is 2.04 bits per heavy atom. The lowest BCUT2D eigenvalue weighted by molar-refractivity contribution is 0.0766. The molecule has 3 rings (SSSR count). The maximum atomic E-state index is 12.6. The highest BCUT2D eigenvalue weighted by Crippen LogP contribution is 2.28. The zero-order valence-corrected chi connectivity index (χ0v) is 14.7. The Bertz CT molecular complexity index is 802. The van der Waals surface area contributed by atoms with E-state index in [0.717, 1.165) is 11.1 Å². The number of fused-ring (bicyclic) bond motifs is 1. The minimum absolute atomic E-state index is 0.00870.